The van der Waals surface area contributed by atoms with Crippen LogP contribution in [-0.2, 0) is 0 Å². The number of Topliss-reactive ketones (excluding diaryl/α,β-unsaturated/α-hetero) is 1. The van der Waals surface area contributed by atoms with E-state index in [0.29, 0.717) is 0 Å². The number of nitrogens with one attached hydrogen (secondary N) is 2. The van der Waals surface area contributed by atoms with Gasteiger partial charge in [0.1, 0.15) is 11.7 Å². The molecule has 0 bridgehead atoms. The molecule has 3 N–H and O–H groups in total. The fourth-order valence-electron chi connectivity index (χ4n) is 3.11. The van der Waals surface area contributed by atoms with Crippen molar-refractivity contribution in [2.75, 3.05) is 0 Å². The summed E-state index contributed by atoms with van der Waals surface area (Å²) < 4.78 is 55.3. The van der Waals surface area contributed by atoms with E-state index in [1.807, 2.05) is 0 Å². The molecule has 3 atom stereocenters. The molecule has 1 saturated heterocycles. The predicted molar refractivity (Wildman–Crippen MR) is 86.1 cm³/mol. The lowest BCUT2D eigenvalue weighted by Crippen LogP contribution is -2.72. The number of rotatable bonds is 3. The highest BCUT2D eigenvalue weighted by Gasteiger charge is 2.66. The number of hydrogen-bond donors (Lipinski definition) is 3. The number of aliphatic hydroxyl groups is 1. The molecule has 5 nitrogen and oxygen atoms in total. The van der Waals surface area contributed by atoms with E-state index in [-0.39, 0.29) is 11.1 Å². The summed E-state index contributed by atoms with van der Waals surface area (Å²) >= 11 is 0. The zero-order valence-electron chi connectivity index (χ0n) is 13.6. The molecule has 0 aliphatic carbocycles. The highest BCUT2D eigenvalue weighted by molar-refractivity contribution is 6.00. The number of urea groups is 1. The van der Waals surface area contributed by atoms with E-state index >= 15 is 0 Å². The summed E-state index contributed by atoms with van der Waals surface area (Å²) in [7, 11) is 0. The lowest BCUT2D eigenvalue weighted by Gasteiger charge is -2.45. The van der Waals surface area contributed by atoms with Crippen molar-refractivity contribution in [3.05, 3.63) is 71.5 Å². The van der Waals surface area contributed by atoms with Crippen LogP contribution in [0.5, 0.6) is 0 Å². The van der Waals surface area contributed by atoms with E-state index < -0.39 is 41.5 Å². The van der Waals surface area contributed by atoms with E-state index in [1.54, 1.807) is 6.07 Å². The van der Waals surface area contributed by atoms with Gasteiger partial charge in [0, 0.05) is 11.1 Å². The highest BCUT2D eigenvalue weighted by atomic mass is 19.4. The number of carbonyl (C=O) groups is 2. The third kappa shape index (κ3) is 3.25. The molecule has 2 aromatic carbocycles. The van der Waals surface area contributed by atoms with Crippen molar-refractivity contribution in [3.63, 3.8) is 0 Å². The first kappa shape index (κ1) is 18.8. The Labute approximate surface area is 151 Å². The fraction of sp³-hybridized carbons (Fsp3) is 0.222. The maximum Gasteiger partial charge on any atom is 0.437 e. The van der Waals surface area contributed by atoms with Gasteiger partial charge in [-0.15, -0.1) is 0 Å². The number of halogens is 4. The summed E-state index contributed by atoms with van der Waals surface area (Å²) in [5.74, 6) is -4.27. The predicted octanol–water partition coefficient (Wildman–Crippen LogP) is 2.93. The second kappa shape index (κ2) is 6.66. The van der Waals surface area contributed by atoms with Gasteiger partial charge in [0.2, 0.25) is 5.72 Å². The van der Waals surface area contributed by atoms with Gasteiger partial charge >= 0.3 is 12.2 Å². The van der Waals surface area contributed by atoms with Gasteiger partial charge in [-0.3, -0.25) is 4.79 Å². The molecule has 0 spiro atoms. The summed E-state index contributed by atoms with van der Waals surface area (Å²) in [4.78, 5) is 24.7. The number of alkyl halides is 3. The van der Waals surface area contributed by atoms with Gasteiger partial charge in [0.25, 0.3) is 0 Å². The van der Waals surface area contributed by atoms with Gasteiger partial charge in [-0.25, -0.2) is 9.18 Å². The average Bonchev–Trinajstić information content (AvgIpc) is 2.61. The largest absolute Gasteiger partial charge is 0.437 e. The van der Waals surface area contributed by atoms with Crippen LogP contribution in [0.15, 0.2) is 54.6 Å². The third-order valence-electron chi connectivity index (χ3n) is 4.39. The fourth-order valence-corrected chi connectivity index (χ4v) is 3.11. The number of carbonyl (C=O) groups excluding carboxylic acids is 2. The Morgan fingerprint density at radius 2 is 1.63 bits per heavy atom. The summed E-state index contributed by atoms with van der Waals surface area (Å²) in [5, 5.41) is 13.9. The Hall–Kier alpha value is -2.94. The number of benzene rings is 2. The lowest BCUT2D eigenvalue weighted by molar-refractivity contribution is -0.287. The van der Waals surface area contributed by atoms with Crippen LogP contribution in [0.4, 0.5) is 22.4 Å². The lowest BCUT2D eigenvalue weighted by atomic mass is 9.77. The van der Waals surface area contributed by atoms with Gasteiger partial charge in [-0.05, 0) is 6.07 Å². The first-order chi connectivity index (χ1) is 12.6. The van der Waals surface area contributed by atoms with Crippen molar-refractivity contribution in [2.45, 2.75) is 17.9 Å². The van der Waals surface area contributed by atoms with E-state index in [2.05, 4.69) is 5.32 Å². The second-order valence-electron chi connectivity index (χ2n) is 6.07. The monoisotopic (exact) mass is 382 g/mol. The topological polar surface area (TPSA) is 78.4 Å². The van der Waals surface area contributed by atoms with Crippen LogP contribution < -0.4 is 10.6 Å². The minimum absolute atomic E-state index is 0.121. The maximum atomic E-state index is 14.2. The number of hydrogen-bond acceptors (Lipinski definition) is 3. The highest BCUT2D eigenvalue weighted by Crippen LogP contribution is 2.44. The Morgan fingerprint density at radius 3 is 2.22 bits per heavy atom. The molecule has 2 amide bonds. The van der Waals surface area contributed by atoms with Crippen molar-refractivity contribution in [3.8, 4) is 0 Å². The molecule has 142 valence electrons. The van der Waals surface area contributed by atoms with Gasteiger partial charge in [-0.1, -0.05) is 48.5 Å². The zero-order chi connectivity index (χ0) is 19.8. The van der Waals surface area contributed by atoms with Crippen LogP contribution >= 0.6 is 0 Å². The third-order valence-corrected chi connectivity index (χ3v) is 4.39. The maximum absolute atomic E-state index is 14.2. The molecule has 27 heavy (non-hydrogen) atoms. The summed E-state index contributed by atoms with van der Waals surface area (Å²) in [6, 6.07) is 8.66. The van der Waals surface area contributed by atoms with E-state index in [9.17, 15) is 32.3 Å². The zero-order valence-corrected chi connectivity index (χ0v) is 13.6. The molecule has 1 aliphatic rings. The minimum atomic E-state index is -5.39. The van der Waals surface area contributed by atoms with Crippen molar-refractivity contribution in [1.82, 2.24) is 10.6 Å². The van der Waals surface area contributed by atoms with Crippen molar-refractivity contribution < 1.29 is 32.3 Å². The van der Waals surface area contributed by atoms with Crippen molar-refractivity contribution >= 4 is 11.8 Å². The molecule has 0 unspecified atom stereocenters. The molecule has 0 radical (unpaired) electrons. The standard InChI is InChI=1S/C18H14F4N2O3/c19-12-9-5-4-8-11(12)14-13(15(25)10-6-2-1-3-7-10)17(27,18(20,21)22)24-16(26)23-14/h1-9,13-14,27H,(H2,23,24,26)/t13-,14-,17-/m1/s1. The molecule has 9 heteroatoms. The van der Waals surface area contributed by atoms with Crippen LogP contribution in [0, 0.1) is 11.7 Å². The Balaban J connectivity index is 2.19. The molecule has 2 aromatic rings. The van der Waals surface area contributed by atoms with Crippen molar-refractivity contribution in [2.24, 2.45) is 5.92 Å². The van der Waals surface area contributed by atoms with Gasteiger partial charge in [-0.2, -0.15) is 13.2 Å². The number of ketones is 1. The smallest absolute Gasteiger partial charge is 0.363 e. The van der Waals surface area contributed by atoms with Crippen molar-refractivity contribution in [1.29, 1.82) is 0 Å². The van der Waals surface area contributed by atoms with E-state index in [0.717, 1.165) is 12.1 Å². The van der Waals surface area contributed by atoms with Gasteiger partial charge in [0.05, 0.1) is 6.04 Å². The van der Waals surface area contributed by atoms with E-state index in [4.69, 9.17) is 0 Å². The molecule has 1 fully saturated rings. The van der Waals surface area contributed by atoms with Gasteiger partial charge < -0.3 is 15.7 Å². The minimum Gasteiger partial charge on any atom is -0.363 e. The normalized spacial score (nSPS) is 25.4. The Kier molecular flexibility index (Phi) is 4.64. The number of amides is 2. The molecule has 0 saturated carbocycles. The molecular weight excluding hydrogens is 368 g/mol. The van der Waals surface area contributed by atoms with Crippen LogP contribution in [0.25, 0.3) is 0 Å². The first-order valence-corrected chi connectivity index (χ1v) is 7.86. The molecule has 0 aromatic heterocycles. The van der Waals surface area contributed by atoms with Crippen LogP contribution in [-0.4, -0.2) is 28.8 Å². The van der Waals surface area contributed by atoms with E-state index in [1.165, 1.54) is 41.7 Å². The molecule has 1 aliphatic heterocycles. The SMILES string of the molecule is O=C1N[C@H](c2ccccc2F)[C@H](C(=O)c2ccccc2)[C@@](O)(C(F)(F)F)N1. The van der Waals surface area contributed by atoms with Crippen LogP contribution in [0.1, 0.15) is 22.0 Å². The quantitative estimate of drug-likeness (QED) is 0.564. The Bertz CT molecular complexity index is 872. The van der Waals surface area contributed by atoms with Crippen LogP contribution in [0.2, 0.25) is 0 Å². The van der Waals surface area contributed by atoms with Gasteiger partial charge in [0.15, 0.2) is 5.78 Å². The molecular formula is C18H14F4N2O3. The molecule has 3 rings (SSSR count). The second-order valence-corrected chi connectivity index (χ2v) is 6.07. The summed E-state index contributed by atoms with van der Waals surface area (Å²) in [6.07, 6.45) is -5.39. The van der Waals surface area contributed by atoms with Crippen LogP contribution in [0.3, 0.4) is 0 Å². The Morgan fingerprint density at radius 1 is 1.04 bits per heavy atom. The molecule has 1 heterocycles. The first-order valence-electron chi connectivity index (χ1n) is 7.86. The summed E-state index contributed by atoms with van der Waals surface area (Å²) in [6.45, 7) is 0. The summed E-state index contributed by atoms with van der Waals surface area (Å²) in [5.41, 5.74) is -4.34. The average molecular weight is 382 g/mol.